The van der Waals surface area contributed by atoms with Gasteiger partial charge in [0.2, 0.25) is 0 Å². The zero-order chi connectivity index (χ0) is 18.6. The van der Waals surface area contributed by atoms with Gasteiger partial charge in [0.05, 0.1) is 5.52 Å². The van der Waals surface area contributed by atoms with Crippen LogP contribution in [-0.4, -0.2) is 13.2 Å². The van der Waals surface area contributed by atoms with Crippen molar-refractivity contribution < 1.29 is 0 Å². The van der Waals surface area contributed by atoms with Gasteiger partial charge in [0.25, 0.3) is 0 Å². The Morgan fingerprint density at radius 1 is 0.920 bits per heavy atom. The molecule has 0 aliphatic rings. The molecule has 0 unspecified atom stereocenters. The Morgan fingerprint density at radius 3 is 2.12 bits per heavy atom. The Labute approximate surface area is 155 Å². The second kappa shape index (κ2) is 8.35. The molecule has 2 nitrogen and oxygen atoms in total. The van der Waals surface area contributed by atoms with E-state index in [1.165, 1.54) is 23.9 Å². The van der Waals surface area contributed by atoms with E-state index in [9.17, 15) is 0 Å². The molecule has 25 heavy (non-hydrogen) atoms. The fourth-order valence-electron chi connectivity index (χ4n) is 4.36. The molecule has 1 aromatic heterocycles. The van der Waals surface area contributed by atoms with Gasteiger partial charge in [-0.3, -0.25) is 4.98 Å². The van der Waals surface area contributed by atoms with Crippen LogP contribution < -0.4 is 0 Å². The van der Waals surface area contributed by atoms with E-state index in [1.54, 1.807) is 0 Å². The summed E-state index contributed by atoms with van der Waals surface area (Å²) >= 11 is 0. The average Bonchev–Trinajstić information content (AvgIpc) is 2.56. The Balaban J connectivity index is 2.51. The van der Waals surface area contributed by atoms with Crippen molar-refractivity contribution in [2.24, 2.45) is 0 Å². The lowest BCUT2D eigenvalue weighted by atomic mass is 10.1. The quantitative estimate of drug-likeness (QED) is 0.444. The second-order valence-electron chi connectivity index (χ2n) is 8.22. The van der Waals surface area contributed by atoms with Gasteiger partial charge in [-0.2, -0.15) is 0 Å². The summed E-state index contributed by atoms with van der Waals surface area (Å²) in [4.78, 5) is 10.5. The van der Waals surface area contributed by atoms with E-state index in [4.69, 9.17) is 9.97 Å². The lowest BCUT2D eigenvalue weighted by Gasteiger charge is -2.56. The molecule has 1 aromatic carbocycles. The molecular weight excluding hydrogens is 320 g/mol. The van der Waals surface area contributed by atoms with E-state index in [0.717, 1.165) is 17.6 Å². The first-order valence-corrected chi connectivity index (χ1v) is 12.1. The van der Waals surface area contributed by atoms with Gasteiger partial charge in [-0.1, -0.05) is 95.8 Å². The van der Waals surface area contributed by atoms with Crippen molar-refractivity contribution in [1.29, 1.82) is 0 Å². The zero-order valence-corrected chi connectivity index (χ0v) is 18.1. The van der Waals surface area contributed by atoms with Gasteiger partial charge < -0.3 is 4.98 Å². The van der Waals surface area contributed by atoms with Crippen LogP contribution in [0.5, 0.6) is 0 Å². The van der Waals surface area contributed by atoms with Crippen molar-refractivity contribution in [3.05, 3.63) is 41.0 Å². The molecule has 2 rings (SSSR count). The van der Waals surface area contributed by atoms with Crippen LogP contribution in [0.15, 0.2) is 30.3 Å². The summed E-state index contributed by atoms with van der Waals surface area (Å²) in [5.74, 6) is 0. The van der Waals surface area contributed by atoms with Gasteiger partial charge in [-0.05, 0) is 32.5 Å². The predicted molar refractivity (Wildman–Crippen MR) is 114 cm³/mol. The van der Waals surface area contributed by atoms with Gasteiger partial charge in [0.15, 0.2) is 0 Å². The minimum absolute atomic E-state index is 0.617. The number of para-hydroxylation sites is 1. The molecule has 0 amide bonds. The monoisotopic (exact) mass is 355 g/mol. The smallest absolute Gasteiger partial charge is 0.0555 e. The van der Waals surface area contributed by atoms with Crippen LogP contribution in [0.4, 0.5) is 5.69 Å². The highest BCUT2D eigenvalue weighted by molar-refractivity contribution is 6.88. The molecule has 0 bridgehead atoms. The highest BCUT2D eigenvalue weighted by Crippen LogP contribution is 2.49. The number of pyridine rings is 1. The van der Waals surface area contributed by atoms with E-state index < -0.39 is 8.24 Å². The molecule has 0 atom stereocenters. The number of hydrogen-bond donors (Lipinski definition) is 0. The van der Waals surface area contributed by atoms with Crippen molar-refractivity contribution in [2.75, 3.05) is 0 Å². The summed E-state index contributed by atoms with van der Waals surface area (Å²) < 4.78 is 0. The Morgan fingerprint density at radius 2 is 1.56 bits per heavy atom. The number of aryl methyl sites for hydroxylation is 1. The maximum atomic E-state index is 5.51. The zero-order valence-electron chi connectivity index (χ0n) is 17.1. The molecule has 0 N–H and O–H groups in total. The summed E-state index contributed by atoms with van der Waals surface area (Å²) in [5, 5.41) is 1.21. The number of fused-ring (bicyclic) bond motifs is 1. The minimum Gasteiger partial charge on any atom is -0.684 e. The largest absolute Gasteiger partial charge is 0.684 e. The first-order valence-electron chi connectivity index (χ1n) is 9.94. The minimum atomic E-state index is -1.84. The van der Waals surface area contributed by atoms with Crippen molar-refractivity contribution in [2.45, 2.75) is 84.4 Å². The second-order valence-corrected chi connectivity index (χ2v) is 13.7. The first kappa shape index (κ1) is 20.0. The van der Waals surface area contributed by atoms with Gasteiger partial charge in [-0.25, -0.2) is 0 Å². The number of unbranched alkanes of at least 4 members (excludes halogenated alkanes) is 1. The lowest BCUT2D eigenvalue weighted by Crippen LogP contribution is -2.43. The van der Waals surface area contributed by atoms with E-state index in [2.05, 4.69) is 78.8 Å². The van der Waals surface area contributed by atoms with Crippen molar-refractivity contribution in [3.8, 4) is 0 Å². The fourth-order valence-corrected chi connectivity index (χ4v) is 9.73. The summed E-state index contributed by atoms with van der Waals surface area (Å²) in [6, 6.07) is 10.9. The first-order chi connectivity index (χ1) is 11.8. The normalized spacial score (nSPS) is 12.6. The van der Waals surface area contributed by atoms with Crippen LogP contribution in [0.2, 0.25) is 16.6 Å². The maximum absolute atomic E-state index is 5.51. The summed E-state index contributed by atoms with van der Waals surface area (Å²) in [5.41, 5.74) is 5.25. The van der Waals surface area contributed by atoms with Gasteiger partial charge >= 0.3 is 0 Å². The molecule has 0 saturated heterocycles. The molecule has 0 fully saturated rings. The third kappa shape index (κ3) is 4.08. The number of hydrogen-bond acceptors (Lipinski definition) is 1. The van der Waals surface area contributed by atoms with Crippen LogP contribution in [-0.2, 0) is 6.42 Å². The fraction of sp³-hybridized carbons (Fsp3) is 0.591. The van der Waals surface area contributed by atoms with Gasteiger partial charge in [0, 0.05) is 5.69 Å². The molecule has 2 aromatic rings. The van der Waals surface area contributed by atoms with E-state index in [-0.39, 0.29) is 0 Å². The van der Waals surface area contributed by atoms with E-state index >= 15 is 0 Å². The maximum Gasteiger partial charge on any atom is 0.0555 e. The molecule has 0 saturated carbocycles. The highest BCUT2D eigenvalue weighted by Gasteiger charge is 2.33. The number of benzene rings is 1. The van der Waals surface area contributed by atoms with Crippen molar-refractivity contribution >= 4 is 24.8 Å². The predicted octanol–water partition coefficient (Wildman–Crippen LogP) is 7.76. The van der Waals surface area contributed by atoms with Crippen molar-refractivity contribution in [1.82, 2.24) is 4.98 Å². The molecule has 0 radical (unpaired) electrons. The molecule has 0 spiro atoms. The number of aromatic nitrogens is 1. The van der Waals surface area contributed by atoms with Gasteiger partial charge in [-0.15, -0.1) is 5.69 Å². The Kier molecular flexibility index (Phi) is 6.67. The van der Waals surface area contributed by atoms with E-state index in [0.29, 0.717) is 16.6 Å². The van der Waals surface area contributed by atoms with Crippen LogP contribution in [0, 0.1) is 0 Å². The van der Waals surface area contributed by atoms with Crippen molar-refractivity contribution in [3.63, 3.8) is 0 Å². The van der Waals surface area contributed by atoms with Crippen LogP contribution in [0.3, 0.4) is 0 Å². The Bertz CT molecular complexity index is 670. The number of rotatable bonds is 8. The molecule has 138 valence electrons. The number of nitrogens with zero attached hydrogens (tertiary/aromatic N) is 2. The third-order valence-electron chi connectivity index (χ3n) is 5.63. The highest BCUT2D eigenvalue weighted by atomic mass is 28.3. The average molecular weight is 356 g/mol. The standard InChI is InChI=1S/C22H35N2Si/c1-8-9-12-20-15-14-19-11-10-13-21(22(19)23-20)24-25(16(2)3,17(4)5)18(6)7/h10-11,13-18H,8-9,12H2,1-7H3/q-1. The summed E-state index contributed by atoms with van der Waals surface area (Å²) in [6.45, 7) is 16.4. The Hall–Kier alpha value is -1.35. The van der Waals surface area contributed by atoms with E-state index in [1.807, 2.05) is 0 Å². The lowest BCUT2D eigenvalue weighted by molar-refractivity contribution is 0.780. The summed E-state index contributed by atoms with van der Waals surface area (Å²) in [7, 11) is -1.84. The molecule has 0 aliphatic heterocycles. The molecule has 3 heteroatoms. The van der Waals surface area contributed by atoms with Gasteiger partial charge in [0.1, 0.15) is 0 Å². The summed E-state index contributed by atoms with van der Waals surface area (Å²) in [6.07, 6.45) is 3.46. The SMILES string of the molecule is CCCCc1ccc2cccc([N-][Si](C(C)C)(C(C)C)C(C)C)c2n1. The third-order valence-corrected chi connectivity index (χ3v) is 11.8. The van der Waals surface area contributed by atoms with Crippen LogP contribution in [0.1, 0.15) is 67.0 Å². The molecule has 1 heterocycles. The van der Waals surface area contributed by atoms with Crippen LogP contribution in [0.25, 0.3) is 15.9 Å². The van der Waals surface area contributed by atoms with Crippen LogP contribution >= 0.6 is 0 Å². The topological polar surface area (TPSA) is 27.0 Å². The molecular formula is C22H35N2Si-. The molecule has 0 aliphatic carbocycles.